The van der Waals surface area contributed by atoms with Crippen LogP contribution in [0, 0.1) is 6.92 Å². The van der Waals surface area contributed by atoms with Gasteiger partial charge in [-0.25, -0.2) is 4.98 Å². The highest BCUT2D eigenvalue weighted by Crippen LogP contribution is 2.25. The van der Waals surface area contributed by atoms with Crippen molar-refractivity contribution in [2.24, 2.45) is 0 Å². The van der Waals surface area contributed by atoms with Crippen LogP contribution in [0.4, 0.5) is 11.8 Å². The van der Waals surface area contributed by atoms with E-state index in [1.54, 1.807) is 0 Å². The highest BCUT2D eigenvalue weighted by atomic mass is 79.9. The second-order valence-corrected chi connectivity index (χ2v) is 3.99. The van der Waals surface area contributed by atoms with E-state index in [9.17, 15) is 0 Å². The molecule has 0 aromatic carbocycles. The highest BCUT2D eigenvalue weighted by molar-refractivity contribution is 9.10. The standard InChI is InChI=1S/C10H17BrN4/c1-5-15(6-2)10-13-7(3)8(11)9(12-4)14-10/h5-6H2,1-4H3,(H,12,13,14). The molecule has 0 spiro atoms. The van der Waals surface area contributed by atoms with Gasteiger partial charge < -0.3 is 10.2 Å². The van der Waals surface area contributed by atoms with Crippen LogP contribution in [0.3, 0.4) is 0 Å². The van der Waals surface area contributed by atoms with Gasteiger partial charge in [-0.2, -0.15) is 4.98 Å². The molecule has 1 N–H and O–H groups in total. The molecule has 4 nitrogen and oxygen atoms in total. The van der Waals surface area contributed by atoms with Gasteiger partial charge in [0, 0.05) is 20.1 Å². The number of halogens is 1. The first-order valence-corrected chi connectivity index (χ1v) is 5.90. The van der Waals surface area contributed by atoms with Gasteiger partial charge in [0.2, 0.25) is 5.95 Å². The zero-order valence-electron chi connectivity index (χ0n) is 9.63. The van der Waals surface area contributed by atoms with Crippen LogP contribution in [0.15, 0.2) is 4.47 Å². The zero-order valence-corrected chi connectivity index (χ0v) is 11.2. The fourth-order valence-corrected chi connectivity index (χ4v) is 1.73. The highest BCUT2D eigenvalue weighted by Gasteiger charge is 2.11. The molecule has 84 valence electrons. The van der Waals surface area contributed by atoms with Crippen molar-refractivity contribution in [3.8, 4) is 0 Å². The smallest absolute Gasteiger partial charge is 0.227 e. The quantitative estimate of drug-likeness (QED) is 0.914. The number of nitrogens with one attached hydrogen (secondary N) is 1. The van der Waals surface area contributed by atoms with Crippen molar-refractivity contribution in [1.29, 1.82) is 0 Å². The third-order valence-electron chi connectivity index (χ3n) is 2.29. The largest absolute Gasteiger partial charge is 0.372 e. The Morgan fingerprint density at radius 1 is 1.27 bits per heavy atom. The van der Waals surface area contributed by atoms with Crippen LogP contribution < -0.4 is 10.2 Å². The fourth-order valence-electron chi connectivity index (χ4n) is 1.36. The van der Waals surface area contributed by atoms with Crippen molar-refractivity contribution in [3.63, 3.8) is 0 Å². The van der Waals surface area contributed by atoms with Gasteiger partial charge in [-0.05, 0) is 36.7 Å². The van der Waals surface area contributed by atoms with Gasteiger partial charge in [0.1, 0.15) is 5.82 Å². The molecule has 0 atom stereocenters. The fraction of sp³-hybridized carbons (Fsp3) is 0.600. The third-order valence-corrected chi connectivity index (χ3v) is 3.24. The SMILES string of the molecule is CCN(CC)c1nc(C)c(Br)c(NC)n1. The van der Waals surface area contributed by atoms with Crippen LogP contribution in [-0.2, 0) is 0 Å². The number of anilines is 2. The minimum atomic E-state index is 0.782. The van der Waals surface area contributed by atoms with E-state index >= 15 is 0 Å². The second-order valence-electron chi connectivity index (χ2n) is 3.19. The summed E-state index contributed by atoms with van der Waals surface area (Å²) in [6.45, 7) is 8.01. The Hall–Kier alpha value is -0.840. The molecule has 0 fully saturated rings. The summed E-state index contributed by atoms with van der Waals surface area (Å²) in [7, 11) is 1.86. The van der Waals surface area contributed by atoms with Gasteiger partial charge >= 0.3 is 0 Å². The summed E-state index contributed by atoms with van der Waals surface area (Å²) in [5.41, 5.74) is 0.955. The van der Waals surface area contributed by atoms with Crippen molar-refractivity contribution in [2.75, 3.05) is 30.4 Å². The molecule has 0 saturated heterocycles. The summed E-state index contributed by atoms with van der Waals surface area (Å²) in [5.74, 6) is 1.62. The molecular formula is C10H17BrN4. The first kappa shape index (κ1) is 12.2. The average Bonchev–Trinajstić information content (AvgIpc) is 2.24. The Labute approximate surface area is 99.2 Å². The molecule has 1 aromatic rings. The number of aryl methyl sites for hydroxylation is 1. The van der Waals surface area contributed by atoms with E-state index in [0.29, 0.717) is 0 Å². The van der Waals surface area contributed by atoms with Gasteiger partial charge in [-0.3, -0.25) is 0 Å². The molecule has 0 aliphatic carbocycles. The maximum absolute atomic E-state index is 4.45. The van der Waals surface area contributed by atoms with E-state index in [1.165, 1.54) is 0 Å². The van der Waals surface area contributed by atoms with Crippen molar-refractivity contribution >= 4 is 27.7 Å². The topological polar surface area (TPSA) is 41.1 Å². The number of nitrogens with zero attached hydrogens (tertiary/aromatic N) is 3. The van der Waals surface area contributed by atoms with Gasteiger partial charge in [-0.15, -0.1) is 0 Å². The lowest BCUT2D eigenvalue weighted by molar-refractivity contribution is 0.815. The van der Waals surface area contributed by atoms with Gasteiger partial charge in [0.05, 0.1) is 10.2 Å². The van der Waals surface area contributed by atoms with Crippen molar-refractivity contribution in [3.05, 3.63) is 10.2 Å². The van der Waals surface area contributed by atoms with Gasteiger partial charge in [-0.1, -0.05) is 0 Å². The van der Waals surface area contributed by atoms with Crippen LogP contribution in [-0.4, -0.2) is 30.1 Å². The summed E-state index contributed by atoms with van der Waals surface area (Å²) in [5, 5.41) is 3.05. The van der Waals surface area contributed by atoms with E-state index in [2.05, 4.69) is 50.0 Å². The van der Waals surface area contributed by atoms with Gasteiger partial charge in [0.25, 0.3) is 0 Å². The van der Waals surface area contributed by atoms with Gasteiger partial charge in [0.15, 0.2) is 0 Å². The summed E-state index contributed by atoms with van der Waals surface area (Å²) in [6, 6.07) is 0. The normalized spacial score (nSPS) is 10.2. The van der Waals surface area contributed by atoms with E-state index in [-0.39, 0.29) is 0 Å². The van der Waals surface area contributed by atoms with Crippen LogP contribution in [0.2, 0.25) is 0 Å². The molecule has 0 bridgehead atoms. The maximum atomic E-state index is 4.45. The summed E-state index contributed by atoms with van der Waals surface area (Å²) in [6.07, 6.45) is 0. The summed E-state index contributed by atoms with van der Waals surface area (Å²) in [4.78, 5) is 11.0. The number of aromatic nitrogens is 2. The number of hydrogen-bond acceptors (Lipinski definition) is 4. The van der Waals surface area contributed by atoms with E-state index in [1.807, 2.05) is 14.0 Å². The second kappa shape index (κ2) is 5.30. The van der Waals surface area contributed by atoms with Crippen molar-refractivity contribution < 1.29 is 0 Å². The molecule has 0 aliphatic rings. The summed E-state index contributed by atoms with van der Waals surface area (Å²) >= 11 is 3.46. The zero-order chi connectivity index (χ0) is 11.4. The predicted molar refractivity (Wildman–Crippen MR) is 67.6 cm³/mol. The minimum Gasteiger partial charge on any atom is -0.372 e. The van der Waals surface area contributed by atoms with Crippen LogP contribution >= 0.6 is 15.9 Å². The number of hydrogen-bond donors (Lipinski definition) is 1. The molecule has 0 saturated carbocycles. The lowest BCUT2D eigenvalue weighted by Gasteiger charge is -2.20. The molecule has 0 aliphatic heterocycles. The lowest BCUT2D eigenvalue weighted by atomic mass is 10.4. The van der Waals surface area contributed by atoms with E-state index in [4.69, 9.17) is 0 Å². The molecule has 5 heteroatoms. The molecule has 0 amide bonds. The molecular weight excluding hydrogens is 256 g/mol. The molecule has 0 radical (unpaired) electrons. The molecule has 1 aromatic heterocycles. The number of rotatable bonds is 4. The van der Waals surface area contributed by atoms with Crippen molar-refractivity contribution in [1.82, 2.24) is 9.97 Å². The third kappa shape index (κ3) is 2.59. The Balaban J connectivity index is 3.15. The predicted octanol–water partition coefficient (Wildman–Crippen LogP) is 2.44. The monoisotopic (exact) mass is 272 g/mol. The van der Waals surface area contributed by atoms with E-state index < -0.39 is 0 Å². The van der Waals surface area contributed by atoms with Crippen LogP contribution in [0.5, 0.6) is 0 Å². The maximum Gasteiger partial charge on any atom is 0.227 e. The first-order chi connectivity index (χ1) is 7.13. The molecule has 15 heavy (non-hydrogen) atoms. The first-order valence-electron chi connectivity index (χ1n) is 5.10. The minimum absolute atomic E-state index is 0.782. The molecule has 1 rings (SSSR count). The van der Waals surface area contributed by atoms with Crippen molar-refractivity contribution in [2.45, 2.75) is 20.8 Å². The molecule has 1 heterocycles. The van der Waals surface area contributed by atoms with Crippen LogP contribution in [0.25, 0.3) is 0 Å². The average molecular weight is 273 g/mol. The Kier molecular flexibility index (Phi) is 4.32. The van der Waals surface area contributed by atoms with Crippen LogP contribution in [0.1, 0.15) is 19.5 Å². The Morgan fingerprint density at radius 3 is 2.33 bits per heavy atom. The summed E-state index contributed by atoms with van der Waals surface area (Å²) < 4.78 is 0.931. The Bertz CT molecular complexity index is 336. The molecule has 0 unspecified atom stereocenters. The van der Waals surface area contributed by atoms with E-state index in [0.717, 1.165) is 35.0 Å². The lowest BCUT2D eigenvalue weighted by Crippen LogP contribution is -2.24. The Morgan fingerprint density at radius 2 is 1.87 bits per heavy atom.